The molecule has 0 saturated carbocycles. The second-order valence-corrected chi connectivity index (χ2v) is 22.3. The molecule has 8 heterocycles. The van der Waals surface area contributed by atoms with Gasteiger partial charge in [0.15, 0.2) is 46.0 Å². The Hall–Kier alpha value is -11.2. The molecule has 0 amide bonds. The molecule has 0 aliphatic carbocycles. The van der Waals surface area contributed by atoms with Crippen LogP contribution in [0.4, 0.5) is 85.3 Å². The van der Waals surface area contributed by atoms with E-state index in [0.717, 1.165) is 170 Å². The molecule has 10 nitrogen and oxygen atoms in total. The molecule has 0 saturated heterocycles. The molecule has 12 aromatic rings. The molecule has 0 N–H and O–H groups in total. The molecule has 0 atom stereocenters. The van der Waals surface area contributed by atoms with Crippen molar-refractivity contribution in [3.8, 4) is 57.5 Å². The van der Waals surface area contributed by atoms with Gasteiger partial charge in [-0.15, -0.1) is 0 Å². The predicted octanol–water partition coefficient (Wildman–Crippen LogP) is 15.5. The zero-order chi connectivity index (χ0) is 54.5. The fourth-order valence-electron chi connectivity index (χ4n) is 14.7. The first kappa shape index (κ1) is 44.5. The van der Waals surface area contributed by atoms with Gasteiger partial charge in [0.2, 0.25) is 0 Å². The lowest BCUT2D eigenvalue weighted by atomic mass is 9.30. The Labute approximate surface area is 483 Å². The average molecular weight is 1080 g/mol. The maximum Gasteiger partial charge on any atom is 0.256 e. The lowest BCUT2D eigenvalue weighted by Gasteiger charge is -2.47. The third-order valence-electron chi connectivity index (χ3n) is 17.9. The first-order valence-corrected chi connectivity index (χ1v) is 28.5. The van der Waals surface area contributed by atoms with Gasteiger partial charge >= 0.3 is 0 Å². The summed E-state index contributed by atoms with van der Waals surface area (Å²) in [6, 6.07) is 88.0. The Balaban J connectivity index is 0.873. The summed E-state index contributed by atoms with van der Waals surface area (Å²) in [6.45, 7) is -0.490. The number of anilines is 15. The Kier molecular flexibility index (Phi) is 8.61. The van der Waals surface area contributed by atoms with Gasteiger partial charge in [-0.3, -0.25) is 0 Å². The van der Waals surface area contributed by atoms with Gasteiger partial charge in [0.05, 0.1) is 56.9 Å². The highest BCUT2D eigenvalue weighted by molar-refractivity contribution is 7.02. The summed E-state index contributed by atoms with van der Waals surface area (Å²) in [5.74, 6) is 7.88. The van der Waals surface area contributed by atoms with E-state index in [9.17, 15) is 0 Å². The van der Waals surface area contributed by atoms with Crippen LogP contribution < -0.4 is 81.0 Å². The van der Waals surface area contributed by atoms with Crippen LogP contribution in [0.25, 0.3) is 0 Å². The molecule has 0 radical (unpaired) electrons. The Bertz CT molecular complexity index is 4850. The molecule has 8 aliphatic heterocycles. The third kappa shape index (κ3) is 5.85. The molecule has 8 aliphatic rings. The van der Waals surface area contributed by atoms with Crippen molar-refractivity contribution in [2.75, 3.05) is 24.5 Å². The van der Waals surface area contributed by atoms with Crippen LogP contribution >= 0.6 is 0 Å². The van der Waals surface area contributed by atoms with E-state index in [1.807, 2.05) is 42.5 Å². The van der Waals surface area contributed by atoms with Gasteiger partial charge in [0, 0.05) is 40.6 Å². The second-order valence-electron chi connectivity index (χ2n) is 22.3. The predicted molar refractivity (Wildman–Crippen MR) is 336 cm³/mol. The van der Waals surface area contributed by atoms with E-state index in [1.165, 1.54) is 5.46 Å². The molecule has 20 rings (SSSR count). The summed E-state index contributed by atoms with van der Waals surface area (Å²) in [7, 11) is 0. The van der Waals surface area contributed by atoms with Crippen LogP contribution in [0.3, 0.4) is 0 Å². The van der Waals surface area contributed by atoms with Gasteiger partial charge in [0.25, 0.3) is 13.4 Å². The van der Waals surface area contributed by atoms with Crippen LogP contribution in [0.1, 0.15) is 0 Å². The van der Waals surface area contributed by atoms with E-state index in [-0.39, 0.29) is 13.4 Å². The van der Waals surface area contributed by atoms with Crippen LogP contribution in [0, 0.1) is 0 Å². The van der Waals surface area contributed by atoms with E-state index in [1.54, 1.807) is 0 Å². The molecule has 0 spiro atoms. The first-order chi connectivity index (χ1) is 41.7. The minimum absolute atomic E-state index is 0.238. The molecule has 0 bridgehead atoms. The zero-order valence-corrected chi connectivity index (χ0v) is 44.6. The van der Waals surface area contributed by atoms with Crippen molar-refractivity contribution in [3.63, 3.8) is 0 Å². The number of hydrogen-bond donors (Lipinski definition) is 0. The number of benzene rings is 12. The molecule has 0 aromatic heterocycles. The Morgan fingerprint density at radius 1 is 0.202 bits per heavy atom. The van der Waals surface area contributed by atoms with E-state index < -0.39 is 0 Å². The molecule has 0 unspecified atom stereocenters. The molecule has 0 fully saturated rings. The summed E-state index contributed by atoms with van der Waals surface area (Å²) < 4.78 is 34.8. The molecule has 12 aromatic carbocycles. The lowest BCUT2D eigenvalue weighted by molar-refractivity contribution is 0.475. The Morgan fingerprint density at radius 3 is 1.05 bits per heavy atom. The van der Waals surface area contributed by atoms with Crippen molar-refractivity contribution in [2.45, 2.75) is 0 Å². The van der Waals surface area contributed by atoms with Crippen LogP contribution in [0.15, 0.2) is 249 Å². The van der Waals surface area contributed by atoms with Crippen LogP contribution in [-0.4, -0.2) is 13.4 Å². The van der Waals surface area contributed by atoms with Gasteiger partial charge in [0.1, 0.15) is 11.5 Å². The molecule has 390 valence electrons. The van der Waals surface area contributed by atoms with Crippen LogP contribution in [-0.2, 0) is 0 Å². The summed E-state index contributed by atoms with van der Waals surface area (Å²) in [4.78, 5) is 12.0. The number of para-hydroxylation sites is 15. The van der Waals surface area contributed by atoms with Crippen molar-refractivity contribution in [1.82, 2.24) is 0 Å². The number of ether oxygens (including phenoxy) is 5. The van der Waals surface area contributed by atoms with Crippen LogP contribution in [0.5, 0.6) is 57.5 Å². The van der Waals surface area contributed by atoms with Crippen molar-refractivity contribution < 1.29 is 23.7 Å². The maximum atomic E-state index is 7.70. The molecular formula is C72H41B2N5O5. The summed E-state index contributed by atoms with van der Waals surface area (Å²) in [6.07, 6.45) is 0. The van der Waals surface area contributed by atoms with Gasteiger partial charge < -0.3 is 48.2 Å². The molecule has 12 heteroatoms. The summed E-state index contributed by atoms with van der Waals surface area (Å²) >= 11 is 0. The van der Waals surface area contributed by atoms with Gasteiger partial charge in [-0.1, -0.05) is 121 Å². The fraction of sp³-hybridized carbons (Fsp3) is 0. The highest BCUT2D eigenvalue weighted by Gasteiger charge is 2.51. The van der Waals surface area contributed by atoms with Crippen molar-refractivity contribution in [1.29, 1.82) is 0 Å². The highest BCUT2D eigenvalue weighted by Crippen LogP contribution is 2.59. The van der Waals surface area contributed by atoms with Crippen molar-refractivity contribution in [2.24, 2.45) is 0 Å². The standard InChI is InChI=1S/C72H41B2N5O5/c1-2-18-42(19-3-1)75-55-41-67-48(74-46-21-17-35-66-72(46)79(54-27-9-15-33-64(54)83-66)58-38-44(39-68(84-67)70(58)74)77-51-24-6-12-30-61(51)81-62-31-13-7-25-52(62)77)40-47(55)73-45-20-16-34-65-71(45)78(53-26-8-14-32-63(53)82-65)57-37-43(36-56(75)69(57)73)76-49-22-4-10-28-59(49)80-60-29-11-5-23-50(60)76/h1-41H. The van der Waals surface area contributed by atoms with Crippen molar-refractivity contribution >= 4 is 132 Å². The SMILES string of the molecule is c1ccc(N2c3cc4c(cc3B3c5cccc6c5N(c5ccccc5O6)c5cc(N6c7ccccc7Oc7ccccc76)cc2c53)B2c3cccc5c3N(c3ccccc3O5)c3cc(N5c6ccccc6Oc6ccccc65)cc(c32)O4)cc1. The molecule has 84 heavy (non-hydrogen) atoms. The van der Waals surface area contributed by atoms with E-state index in [0.29, 0.717) is 0 Å². The molecular weight excluding hydrogens is 1040 g/mol. The maximum absolute atomic E-state index is 7.70. The zero-order valence-electron chi connectivity index (χ0n) is 44.6. The quantitative estimate of drug-likeness (QED) is 0.160. The lowest BCUT2D eigenvalue weighted by Crippen LogP contribution is -2.64. The van der Waals surface area contributed by atoms with Gasteiger partial charge in [-0.2, -0.15) is 0 Å². The summed E-state index contributed by atoms with van der Waals surface area (Å²) in [5.41, 5.74) is 21.7. The number of fused-ring (bicyclic) bond motifs is 16. The highest BCUT2D eigenvalue weighted by atomic mass is 16.5. The normalized spacial score (nSPS) is 14.5. The minimum Gasteiger partial charge on any atom is -0.458 e. The minimum atomic E-state index is -0.253. The third-order valence-corrected chi connectivity index (χ3v) is 17.9. The van der Waals surface area contributed by atoms with Gasteiger partial charge in [-0.25, -0.2) is 0 Å². The van der Waals surface area contributed by atoms with Gasteiger partial charge in [-0.05, 0) is 148 Å². The average Bonchev–Trinajstić information content (AvgIpc) is 0.845. The van der Waals surface area contributed by atoms with Crippen LogP contribution in [0.2, 0.25) is 0 Å². The first-order valence-electron chi connectivity index (χ1n) is 28.5. The van der Waals surface area contributed by atoms with Crippen molar-refractivity contribution in [3.05, 3.63) is 249 Å². The fourth-order valence-corrected chi connectivity index (χ4v) is 14.7. The summed E-state index contributed by atoms with van der Waals surface area (Å²) in [5, 5.41) is 0. The van der Waals surface area contributed by atoms with E-state index in [2.05, 4.69) is 231 Å². The topological polar surface area (TPSA) is 62.4 Å². The van der Waals surface area contributed by atoms with E-state index in [4.69, 9.17) is 23.7 Å². The smallest absolute Gasteiger partial charge is 0.256 e. The number of hydrogen-bond acceptors (Lipinski definition) is 10. The second kappa shape index (κ2) is 16.2. The Morgan fingerprint density at radius 2 is 0.560 bits per heavy atom. The number of nitrogens with zero attached hydrogens (tertiary/aromatic N) is 5. The monoisotopic (exact) mass is 1080 g/mol. The largest absolute Gasteiger partial charge is 0.458 e. The van der Waals surface area contributed by atoms with E-state index >= 15 is 0 Å². The number of rotatable bonds is 3.